The van der Waals surface area contributed by atoms with Crippen molar-refractivity contribution in [1.29, 1.82) is 0 Å². The van der Waals surface area contributed by atoms with Gasteiger partial charge in [-0.25, -0.2) is 8.42 Å². The number of methoxy groups -OCH3 is 2. The lowest BCUT2D eigenvalue weighted by atomic mass is 10.0. The average molecular weight is 661 g/mol. The summed E-state index contributed by atoms with van der Waals surface area (Å²) in [7, 11) is -1.06. The number of nitrogens with zero attached hydrogens (tertiary/aromatic N) is 2. The lowest BCUT2D eigenvalue weighted by Crippen LogP contribution is -2.56. The summed E-state index contributed by atoms with van der Waals surface area (Å²) >= 11 is 3.48. The summed E-state index contributed by atoms with van der Waals surface area (Å²) in [6.07, 6.45) is 1.25. The molecule has 0 aliphatic rings. The SMILES string of the molecule is COc1ccc(N(CC(=O)N(Cc2cccc(Br)c2)[C@@H](Cc2ccccc2)C(=O)NC(C)(C)C)S(C)(=O)=O)c(OC)c1. The largest absolute Gasteiger partial charge is 0.497 e. The molecule has 0 fully saturated rings. The highest BCUT2D eigenvalue weighted by Crippen LogP contribution is 2.34. The van der Waals surface area contributed by atoms with Crippen LogP contribution in [0.5, 0.6) is 11.5 Å². The van der Waals surface area contributed by atoms with Crippen molar-refractivity contribution in [3.63, 3.8) is 0 Å². The number of ether oxygens (including phenoxy) is 2. The molecule has 0 bridgehead atoms. The van der Waals surface area contributed by atoms with Crippen LogP contribution < -0.4 is 19.1 Å². The molecule has 0 aromatic heterocycles. The van der Waals surface area contributed by atoms with E-state index in [0.717, 1.165) is 26.2 Å². The molecule has 11 heteroatoms. The first-order valence-electron chi connectivity index (χ1n) is 13.3. The first-order valence-corrected chi connectivity index (χ1v) is 16.0. The number of hydrogen-bond donors (Lipinski definition) is 1. The first kappa shape index (κ1) is 32.9. The summed E-state index contributed by atoms with van der Waals surface area (Å²) in [6.45, 7) is 5.12. The van der Waals surface area contributed by atoms with Crippen LogP contribution in [0, 0.1) is 0 Å². The highest BCUT2D eigenvalue weighted by molar-refractivity contribution is 9.10. The van der Waals surface area contributed by atoms with Crippen molar-refractivity contribution in [2.24, 2.45) is 0 Å². The Morgan fingerprint density at radius 3 is 2.17 bits per heavy atom. The number of sulfonamides is 1. The first-order chi connectivity index (χ1) is 19.7. The zero-order valence-corrected chi connectivity index (χ0v) is 27.2. The molecule has 0 heterocycles. The monoisotopic (exact) mass is 659 g/mol. The van der Waals surface area contributed by atoms with Gasteiger partial charge in [-0.05, 0) is 56.2 Å². The molecular formula is C31H38BrN3O6S. The number of carbonyl (C=O) groups excluding carboxylic acids is 2. The fourth-order valence-corrected chi connectivity index (χ4v) is 5.72. The lowest BCUT2D eigenvalue weighted by Gasteiger charge is -2.35. The maximum Gasteiger partial charge on any atom is 0.244 e. The van der Waals surface area contributed by atoms with Gasteiger partial charge in [0.1, 0.15) is 24.1 Å². The molecule has 2 amide bonds. The number of amides is 2. The van der Waals surface area contributed by atoms with Crippen LogP contribution in [0.3, 0.4) is 0 Å². The molecular weight excluding hydrogens is 622 g/mol. The molecule has 42 heavy (non-hydrogen) atoms. The number of anilines is 1. The Bertz CT molecular complexity index is 1490. The van der Waals surface area contributed by atoms with Gasteiger partial charge in [0.15, 0.2) is 0 Å². The standard InChI is InChI=1S/C31H38BrN3O6S/c1-31(2,3)33-30(37)27(18-22-11-8-7-9-12-22)34(20-23-13-10-14-24(32)17-23)29(36)21-35(42(6,38)39)26-16-15-25(40-4)19-28(26)41-5/h7-17,19,27H,18,20-21H2,1-6H3,(H,33,37)/t27-/m0/s1. The van der Waals surface area contributed by atoms with Gasteiger partial charge in [-0.3, -0.25) is 13.9 Å². The van der Waals surface area contributed by atoms with Crippen LogP contribution in [0.4, 0.5) is 5.69 Å². The van der Waals surface area contributed by atoms with E-state index in [1.165, 1.54) is 25.2 Å². The third-order valence-electron chi connectivity index (χ3n) is 6.35. The Morgan fingerprint density at radius 2 is 1.60 bits per heavy atom. The fraction of sp³-hybridized carbons (Fsp3) is 0.355. The minimum absolute atomic E-state index is 0.0741. The predicted molar refractivity (Wildman–Crippen MR) is 168 cm³/mol. The zero-order chi connectivity index (χ0) is 31.1. The molecule has 0 unspecified atom stereocenters. The second kappa shape index (κ2) is 14.1. The van der Waals surface area contributed by atoms with Crippen molar-refractivity contribution >= 4 is 43.5 Å². The van der Waals surface area contributed by atoms with E-state index in [9.17, 15) is 18.0 Å². The van der Waals surface area contributed by atoms with E-state index in [2.05, 4.69) is 21.2 Å². The topological polar surface area (TPSA) is 105 Å². The molecule has 0 saturated heterocycles. The number of hydrogen-bond acceptors (Lipinski definition) is 6. The molecule has 1 atom stereocenters. The molecule has 0 aliphatic carbocycles. The van der Waals surface area contributed by atoms with Crippen molar-refractivity contribution < 1.29 is 27.5 Å². The van der Waals surface area contributed by atoms with Gasteiger partial charge in [0.25, 0.3) is 0 Å². The summed E-state index contributed by atoms with van der Waals surface area (Å²) in [5.74, 6) is -0.211. The Kier molecular flexibility index (Phi) is 11.0. The smallest absolute Gasteiger partial charge is 0.244 e. The Balaban J connectivity index is 2.11. The van der Waals surface area contributed by atoms with Gasteiger partial charge in [0, 0.05) is 29.0 Å². The van der Waals surface area contributed by atoms with Crippen LogP contribution in [0.1, 0.15) is 31.9 Å². The second-order valence-electron chi connectivity index (χ2n) is 10.9. The predicted octanol–water partition coefficient (Wildman–Crippen LogP) is 4.79. The van der Waals surface area contributed by atoms with Crippen LogP contribution >= 0.6 is 15.9 Å². The van der Waals surface area contributed by atoms with E-state index >= 15 is 0 Å². The molecule has 0 aliphatic heterocycles. The van der Waals surface area contributed by atoms with E-state index in [-0.39, 0.29) is 30.3 Å². The van der Waals surface area contributed by atoms with Crippen LogP contribution in [0.2, 0.25) is 0 Å². The minimum atomic E-state index is -3.95. The number of benzene rings is 3. The quantitative estimate of drug-likeness (QED) is 0.300. The Hall–Kier alpha value is -3.57. The number of nitrogens with one attached hydrogen (secondary N) is 1. The maximum atomic E-state index is 14.2. The van der Waals surface area contributed by atoms with E-state index in [1.54, 1.807) is 12.1 Å². The summed E-state index contributed by atoms with van der Waals surface area (Å²) in [4.78, 5) is 29.5. The van der Waals surface area contributed by atoms with Gasteiger partial charge in [-0.2, -0.15) is 0 Å². The van der Waals surface area contributed by atoms with Crippen molar-refractivity contribution in [1.82, 2.24) is 10.2 Å². The minimum Gasteiger partial charge on any atom is -0.497 e. The van der Waals surface area contributed by atoms with Crippen molar-refractivity contribution in [2.45, 2.75) is 45.3 Å². The van der Waals surface area contributed by atoms with Gasteiger partial charge in [0.05, 0.1) is 26.2 Å². The summed E-state index contributed by atoms with van der Waals surface area (Å²) in [5.41, 5.74) is 1.24. The summed E-state index contributed by atoms with van der Waals surface area (Å²) in [5, 5.41) is 3.01. The summed E-state index contributed by atoms with van der Waals surface area (Å²) < 4.78 is 38.7. The molecule has 3 aromatic rings. The van der Waals surface area contributed by atoms with Gasteiger partial charge >= 0.3 is 0 Å². The number of rotatable bonds is 12. The van der Waals surface area contributed by atoms with Crippen molar-refractivity contribution in [3.8, 4) is 11.5 Å². The van der Waals surface area contributed by atoms with E-state index in [1.807, 2.05) is 75.4 Å². The molecule has 226 valence electrons. The normalized spacial score (nSPS) is 12.3. The van der Waals surface area contributed by atoms with Crippen molar-refractivity contribution in [2.75, 3.05) is 31.3 Å². The maximum absolute atomic E-state index is 14.2. The molecule has 1 N–H and O–H groups in total. The highest BCUT2D eigenvalue weighted by atomic mass is 79.9. The Labute approximate surface area is 257 Å². The molecule has 3 aromatic carbocycles. The van der Waals surface area contributed by atoms with Crippen LogP contribution in [0.25, 0.3) is 0 Å². The number of carbonyl (C=O) groups is 2. The Morgan fingerprint density at radius 1 is 0.929 bits per heavy atom. The van der Waals surface area contributed by atoms with Gasteiger partial charge in [0.2, 0.25) is 21.8 Å². The van der Waals surface area contributed by atoms with E-state index in [4.69, 9.17) is 9.47 Å². The fourth-order valence-electron chi connectivity index (χ4n) is 4.42. The second-order valence-corrected chi connectivity index (χ2v) is 13.7. The van der Waals surface area contributed by atoms with Gasteiger partial charge in [-0.1, -0.05) is 58.4 Å². The van der Waals surface area contributed by atoms with Crippen LogP contribution in [0.15, 0.2) is 77.3 Å². The van der Waals surface area contributed by atoms with Gasteiger partial charge in [-0.15, -0.1) is 0 Å². The van der Waals surface area contributed by atoms with Gasteiger partial charge < -0.3 is 19.7 Å². The van der Waals surface area contributed by atoms with Crippen LogP contribution in [-0.2, 0) is 32.6 Å². The lowest BCUT2D eigenvalue weighted by molar-refractivity contribution is -0.140. The molecule has 3 rings (SSSR count). The summed E-state index contributed by atoms with van der Waals surface area (Å²) in [6, 6.07) is 20.6. The van der Waals surface area contributed by atoms with Crippen molar-refractivity contribution in [3.05, 3.63) is 88.4 Å². The molecule has 0 radical (unpaired) electrons. The molecule has 9 nitrogen and oxygen atoms in total. The highest BCUT2D eigenvalue weighted by Gasteiger charge is 2.35. The van der Waals surface area contributed by atoms with Crippen LogP contribution in [-0.4, -0.2) is 63.7 Å². The van der Waals surface area contributed by atoms with E-state index < -0.39 is 34.1 Å². The third kappa shape index (κ3) is 9.22. The molecule has 0 spiro atoms. The molecule has 0 saturated carbocycles. The average Bonchev–Trinajstić information content (AvgIpc) is 2.92. The van der Waals surface area contributed by atoms with E-state index in [0.29, 0.717) is 5.75 Å². The number of halogens is 1. The third-order valence-corrected chi connectivity index (χ3v) is 7.97. The zero-order valence-electron chi connectivity index (χ0n) is 24.8.